The van der Waals surface area contributed by atoms with Crippen molar-refractivity contribution in [1.82, 2.24) is 0 Å². The molecule has 1 N–H and O–H groups in total. The van der Waals surface area contributed by atoms with Crippen LogP contribution >= 0.6 is 0 Å². The average molecular weight is 222 g/mol. The minimum atomic E-state index is -0.674. The molecule has 1 saturated carbocycles. The molecule has 3 atom stereocenters. The third kappa shape index (κ3) is 3.01. The highest BCUT2D eigenvalue weighted by Crippen LogP contribution is 2.43. The van der Waals surface area contributed by atoms with Gasteiger partial charge in [0, 0.05) is 6.42 Å². The van der Waals surface area contributed by atoms with Crippen LogP contribution in [-0.2, 0) is 4.79 Å². The molecule has 2 heteroatoms. The molecule has 16 heavy (non-hydrogen) atoms. The Morgan fingerprint density at radius 2 is 2.06 bits per heavy atom. The highest BCUT2D eigenvalue weighted by atomic mass is 16.4. The molecule has 0 heterocycles. The van der Waals surface area contributed by atoms with Gasteiger partial charge in [0.15, 0.2) is 0 Å². The quantitative estimate of drug-likeness (QED) is 0.729. The Hall–Kier alpha value is -0.970. The van der Waals surface area contributed by atoms with Crippen molar-refractivity contribution in [2.75, 3.05) is 0 Å². The van der Waals surface area contributed by atoms with Gasteiger partial charge in [-0.15, -0.1) is 12.3 Å². The standard InChI is InChI=1S/C14H22O2/c1-5-6-10-9-11(14(2,3)4)7-8-12(10)13(15)16/h1,10-12H,6-9H2,2-4H3,(H,15,16). The summed E-state index contributed by atoms with van der Waals surface area (Å²) in [6.07, 6.45) is 8.69. The van der Waals surface area contributed by atoms with E-state index >= 15 is 0 Å². The zero-order valence-electron chi connectivity index (χ0n) is 10.5. The van der Waals surface area contributed by atoms with E-state index in [2.05, 4.69) is 26.7 Å². The lowest BCUT2D eigenvalue weighted by Crippen LogP contribution is -2.35. The maximum absolute atomic E-state index is 11.1. The molecule has 0 aromatic rings. The van der Waals surface area contributed by atoms with Gasteiger partial charge < -0.3 is 5.11 Å². The van der Waals surface area contributed by atoms with Crippen molar-refractivity contribution in [1.29, 1.82) is 0 Å². The summed E-state index contributed by atoms with van der Waals surface area (Å²) in [5.74, 6) is 2.50. The monoisotopic (exact) mass is 222 g/mol. The first kappa shape index (κ1) is 13.1. The number of carboxylic acids is 1. The third-order valence-electron chi connectivity index (χ3n) is 3.90. The number of rotatable bonds is 2. The molecule has 1 fully saturated rings. The van der Waals surface area contributed by atoms with Crippen LogP contribution in [0.5, 0.6) is 0 Å². The van der Waals surface area contributed by atoms with E-state index in [1.165, 1.54) is 0 Å². The molecule has 1 aliphatic carbocycles. The number of hydrogen-bond donors (Lipinski definition) is 1. The molecule has 0 amide bonds. The summed E-state index contributed by atoms with van der Waals surface area (Å²) >= 11 is 0. The van der Waals surface area contributed by atoms with E-state index in [-0.39, 0.29) is 17.3 Å². The van der Waals surface area contributed by atoms with Gasteiger partial charge in [0.25, 0.3) is 0 Å². The minimum absolute atomic E-state index is 0.167. The smallest absolute Gasteiger partial charge is 0.306 e. The van der Waals surface area contributed by atoms with E-state index in [0.717, 1.165) is 19.3 Å². The summed E-state index contributed by atoms with van der Waals surface area (Å²) in [6, 6.07) is 0. The molecule has 0 radical (unpaired) electrons. The van der Waals surface area contributed by atoms with E-state index in [0.29, 0.717) is 12.3 Å². The largest absolute Gasteiger partial charge is 0.481 e. The first-order chi connectivity index (χ1) is 7.36. The summed E-state index contributed by atoms with van der Waals surface area (Å²) < 4.78 is 0. The van der Waals surface area contributed by atoms with Crippen LogP contribution in [0, 0.1) is 35.5 Å². The number of hydrogen-bond acceptors (Lipinski definition) is 1. The van der Waals surface area contributed by atoms with Crippen LogP contribution in [0.25, 0.3) is 0 Å². The fraction of sp³-hybridized carbons (Fsp3) is 0.786. The molecular formula is C14H22O2. The van der Waals surface area contributed by atoms with Crippen LogP contribution in [-0.4, -0.2) is 11.1 Å². The lowest BCUT2D eigenvalue weighted by Gasteiger charge is -2.40. The zero-order chi connectivity index (χ0) is 12.3. The Morgan fingerprint density at radius 1 is 1.44 bits per heavy atom. The van der Waals surface area contributed by atoms with Gasteiger partial charge in [0.1, 0.15) is 0 Å². The van der Waals surface area contributed by atoms with Crippen LogP contribution in [0.2, 0.25) is 0 Å². The summed E-state index contributed by atoms with van der Waals surface area (Å²) in [5, 5.41) is 9.16. The van der Waals surface area contributed by atoms with Gasteiger partial charge in [-0.05, 0) is 36.5 Å². The van der Waals surface area contributed by atoms with Crippen molar-refractivity contribution in [3.63, 3.8) is 0 Å². The fourth-order valence-corrected chi connectivity index (χ4v) is 2.75. The Labute approximate surface area is 98.4 Å². The number of aliphatic carboxylic acids is 1. The summed E-state index contributed by atoms with van der Waals surface area (Å²) in [6.45, 7) is 6.68. The molecule has 1 aliphatic rings. The SMILES string of the molecule is C#CCC1CC(C(C)(C)C)CCC1C(=O)O. The van der Waals surface area contributed by atoms with E-state index < -0.39 is 5.97 Å². The second-order valence-electron chi connectivity index (χ2n) is 5.99. The van der Waals surface area contributed by atoms with Crippen LogP contribution in [0.4, 0.5) is 0 Å². The molecule has 0 saturated heterocycles. The molecule has 3 unspecified atom stereocenters. The molecule has 90 valence electrons. The van der Waals surface area contributed by atoms with Gasteiger partial charge in [-0.25, -0.2) is 0 Å². The third-order valence-corrected chi connectivity index (χ3v) is 3.90. The fourth-order valence-electron chi connectivity index (χ4n) is 2.75. The normalized spacial score (nSPS) is 30.8. The van der Waals surface area contributed by atoms with Gasteiger partial charge in [-0.3, -0.25) is 4.79 Å². The highest BCUT2D eigenvalue weighted by molar-refractivity contribution is 5.70. The van der Waals surface area contributed by atoms with Crippen molar-refractivity contribution < 1.29 is 9.90 Å². The van der Waals surface area contributed by atoms with Crippen molar-refractivity contribution in [2.24, 2.45) is 23.2 Å². The number of terminal acetylenes is 1. The number of carboxylic acid groups (broad SMARTS) is 1. The molecule has 0 spiro atoms. The van der Waals surface area contributed by atoms with E-state index in [4.69, 9.17) is 11.5 Å². The van der Waals surface area contributed by atoms with Gasteiger partial charge in [0.05, 0.1) is 5.92 Å². The predicted molar refractivity (Wildman–Crippen MR) is 64.9 cm³/mol. The molecule has 0 bridgehead atoms. The molecule has 0 aromatic heterocycles. The van der Waals surface area contributed by atoms with E-state index in [1.807, 2.05) is 0 Å². The van der Waals surface area contributed by atoms with Crippen LogP contribution in [0.3, 0.4) is 0 Å². The van der Waals surface area contributed by atoms with Crippen molar-refractivity contribution in [3.05, 3.63) is 0 Å². The molecular weight excluding hydrogens is 200 g/mol. The summed E-state index contributed by atoms with van der Waals surface area (Å²) in [5.41, 5.74) is 0.260. The van der Waals surface area contributed by atoms with Gasteiger partial charge in [-0.2, -0.15) is 0 Å². The van der Waals surface area contributed by atoms with Crippen LogP contribution in [0.15, 0.2) is 0 Å². The molecule has 2 nitrogen and oxygen atoms in total. The van der Waals surface area contributed by atoms with E-state index in [9.17, 15) is 4.79 Å². The van der Waals surface area contributed by atoms with E-state index in [1.54, 1.807) is 0 Å². The second kappa shape index (κ2) is 4.91. The molecule has 0 aromatic carbocycles. The zero-order valence-corrected chi connectivity index (χ0v) is 10.5. The Balaban J connectivity index is 2.73. The summed E-state index contributed by atoms with van der Waals surface area (Å²) in [7, 11) is 0. The van der Waals surface area contributed by atoms with Gasteiger partial charge >= 0.3 is 5.97 Å². The van der Waals surface area contributed by atoms with Gasteiger partial charge in [-0.1, -0.05) is 20.8 Å². The van der Waals surface area contributed by atoms with Gasteiger partial charge in [0.2, 0.25) is 0 Å². The molecule has 1 rings (SSSR count). The van der Waals surface area contributed by atoms with Crippen LogP contribution in [0.1, 0.15) is 46.5 Å². The lowest BCUT2D eigenvalue weighted by molar-refractivity contribution is -0.145. The van der Waals surface area contributed by atoms with Crippen LogP contribution < -0.4 is 0 Å². The van der Waals surface area contributed by atoms with Crippen molar-refractivity contribution in [3.8, 4) is 12.3 Å². The highest BCUT2D eigenvalue weighted by Gasteiger charge is 2.38. The predicted octanol–water partition coefficient (Wildman–Crippen LogP) is 3.17. The lowest BCUT2D eigenvalue weighted by atomic mass is 9.65. The first-order valence-electron chi connectivity index (χ1n) is 6.02. The Kier molecular flexibility index (Phi) is 4.02. The first-order valence-corrected chi connectivity index (χ1v) is 6.02. The summed E-state index contributed by atoms with van der Waals surface area (Å²) in [4.78, 5) is 11.1. The second-order valence-corrected chi connectivity index (χ2v) is 5.99. The average Bonchev–Trinajstić information content (AvgIpc) is 2.16. The topological polar surface area (TPSA) is 37.3 Å². The molecule has 0 aliphatic heterocycles. The maximum Gasteiger partial charge on any atom is 0.306 e. The number of carbonyl (C=O) groups is 1. The van der Waals surface area contributed by atoms with Crippen molar-refractivity contribution in [2.45, 2.75) is 46.5 Å². The van der Waals surface area contributed by atoms with Crippen molar-refractivity contribution >= 4 is 5.97 Å². The Bertz CT molecular complexity index is 293. The maximum atomic E-state index is 11.1. The Morgan fingerprint density at radius 3 is 2.50 bits per heavy atom. The minimum Gasteiger partial charge on any atom is -0.481 e.